The Labute approximate surface area is 120 Å². The number of aromatic amines is 2. The summed E-state index contributed by atoms with van der Waals surface area (Å²) in [5.74, 6) is 0. The van der Waals surface area contributed by atoms with E-state index in [9.17, 15) is 9.59 Å². The number of aromatic nitrogens is 4. The van der Waals surface area contributed by atoms with E-state index in [1.54, 1.807) is 0 Å². The van der Waals surface area contributed by atoms with E-state index in [1.807, 2.05) is 10.7 Å². The van der Waals surface area contributed by atoms with Crippen molar-refractivity contribution in [2.45, 2.75) is 32.7 Å². The van der Waals surface area contributed by atoms with Gasteiger partial charge in [0.15, 0.2) is 0 Å². The van der Waals surface area contributed by atoms with Crippen LogP contribution in [0.25, 0.3) is 0 Å². The Balaban J connectivity index is 1.80. The van der Waals surface area contributed by atoms with Gasteiger partial charge in [-0.25, -0.2) is 4.79 Å². The molecule has 2 aromatic heterocycles. The molecular weight excluding hydrogens is 274 g/mol. The van der Waals surface area contributed by atoms with Gasteiger partial charge < -0.3 is 10.1 Å². The van der Waals surface area contributed by atoms with E-state index in [0.29, 0.717) is 24.5 Å². The number of nitrogens with one attached hydrogen (secondary N) is 2. The molecule has 8 nitrogen and oxygen atoms in total. The standard InChI is InChI=1S/C13H17N5O3/c19-8-10-4-11-7-17(2-1-3-18(11)16-10)6-9-5-12(20)15-13(21)14-9/h4-5,19H,1-3,6-8H2,(H2,14,15,20,21). The molecule has 1 aliphatic heterocycles. The second-order valence-corrected chi connectivity index (χ2v) is 5.19. The van der Waals surface area contributed by atoms with Crippen LogP contribution in [0.3, 0.4) is 0 Å². The number of nitrogens with zero attached hydrogens (tertiary/aromatic N) is 3. The van der Waals surface area contributed by atoms with Crippen molar-refractivity contribution in [3.8, 4) is 0 Å². The highest BCUT2D eigenvalue weighted by Crippen LogP contribution is 2.15. The second-order valence-electron chi connectivity index (χ2n) is 5.19. The Morgan fingerprint density at radius 3 is 2.86 bits per heavy atom. The van der Waals surface area contributed by atoms with Crippen molar-refractivity contribution in [2.75, 3.05) is 6.54 Å². The topological polar surface area (TPSA) is 107 Å². The molecule has 3 N–H and O–H groups in total. The normalized spacial score (nSPS) is 15.7. The molecule has 0 aliphatic carbocycles. The highest BCUT2D eigenvalue weighted by Gasteiger charge is 2.17. The predicted molar refractivity (Wildman–Crippen MR) is 74.6 cm³/mol. The van der Waals surface area contributed by atoms with Crippen LogP contribution in [-0.4, -0.2) is 36.3 Å². The SMILES string of the molecule is O=c1cc(CN2CCCn3nc(CO)cc3C2)[nH]c(=O)[nH]1. The number of hydrogen-bond acceptors (Lipinski definition) is 5. The molecule has 0 spiro atoms. The van der Waals surface area contributed by atoms with E-state index in [2.05, 4.69) is 20.0 Å². The lowest BCUT2D eigenvalue weighted by Gasteiger charge is -2.18. The third kappa shape index (κ3) is 3.11. The smallest absolute Gasteiger partial charge is 0.325 e. The molecule has 21 heavy (non-hydrogen) atoms. The van der Waals surface area contributed by atoms with Gasteiger partial charge in [-0.3, -0.25) is 19.4 Å². The van der Waals surface area contributed by atoms with Gasteiger partial charge in [0.05, 0.1) is 18.0 Å². The van der Waals surface area contributed by atoms with E-state index in [4.69, 9.17) is 5.11 Å². The lowest BCUT2D eigenvalue weighted by Crippen LogP contribution is -2.28. The van der Waals surface area contributed by atoms with Gasteiger partial charge in [0, 0.05) is 37.9 Å². The summed E-state index contributed by atoms with van der Waals surface area (Å²) >= 11 is 0. The monoisotopic (exact) mass is 291 g/mol. The number of H-pyrrole nitrogens is 2. The Bertz CT molecular complexity index is 717. The number of fused-ring (bicyclic) bond motifs is 1. The van der Waals surface area contributed by atoms with Gasteiger partial charge in [-0.2, -0.15) is 5.10 Å². The van der Waals surface area contributed by atoms with Gasteiger partial charge in [0.2, 0.25) is 0 Å². The first-order valence-corrected chi connectivity index (χ1v) is 6.85. The van der Waals surface area contributed by atoms with E-state index in [1.165, 1.54) is 6.07 Å². The number of rotatable bonds is 3. The molecule has 0 amide bonds. The first-order chi connectivity index (χ1) is 10.1. The fraction of sp³-hybridized carbons (Fsp3) is 0.462. The third-order valence-corrected chi connectivity index (χ3v) is 3.52. The van der Waals surface area contributed by atoms with Crippen molar-refractivity contribution in [1.29, 1.82) is 0 Å². The van der Waals surface area contributed by atoms with Crippen molar-refractivity contribution in [3.63, 3.8) is 0 Å². The third-order valence-electron chi connectivity index (χ3n) is 3.52. The second kappa shape index (κ2) is 5.66. The number of aliphatic hydroxyl groups excluding tert-OH is 1. The first kappa shape index (κ1) is 13.8. The minimum Gasteiger partial charge on any atom is -0.390 e. The van der Waals surface area contributed by atoms with Crippen LogP contribution in [0.15, 0.2) is 21.7 Å². The minimum absolute atomic E-state index is 0.0681. The molecule has 0 radical (unpaired) electrons. The van der Waals surface area contributed by atoms with Gasteiger partial charge in [0.25, 0.3) is 5.56 Å². The number of aryl methyl sites for hydroxylation is 1. The average Bonchev–Trinajstić information content (AvgIpc) is 2.71. The number of aliphatic hydroxyl groups is 1. The van der Waals surface area contributed by atoms with Gasteiger partial charge in [0.1, 0.15) is 0 Å². The summed E-state index contributed by atoms with van der Waals surface area (Å²) in [5, 5.41) is 13.5. The zero-order valence-electron chi connectivity index (χ0n) is 11.5. The molecule has 0 aromatic carbocycles. The van der Waals surface area contributed by atoms with Crippen molar-refractivity contribution >= 4 is 0 Å². The largest absolute Gasteiger partial charge is 0.390 e. The average molecular weight is 291 g/mol. The van der Waals surface area contributed by atoms with Crippen LogP contribution in [-0.2, 0) is 26.2 Å². The van der Waals surface area contributed by atoms with Crippen LogP contribution in [0, 0.1) is 0 Å². The minimum atomic E-state index is -0.486. The molecule has 8 heteroatoms. The van der Waals surface area contributed by atoms with Gasteiger partial charge in [-0.05, 0) is 12.5 Å². The van der Waals surface area contributed by atoms with E-state index in [-0.39, 0.29) is 6.61 Å². The zero-order chi connectivity index (χ0) is 14.8. The fourth-order valence-corrected chi connectivity index (χ4v) is 2.65. The summed E-state index contributed by atoms with van der Waals surface area (Å²) < 4.78 is 1.91. The van der Waals surface area contributed by atoms with E-state index >= 15 is 0 Å². The van der Waals surface area contributed by atoms with Crippen molar-refractivity contribution in [1.82, 2.24) is 24.6 Å². The predicted octanol–water partition coefficient (Wildman–Crippen LogP) is -0.842. The van der Waals surface area contributed by atoms with Gasteiger partial charge >= 0.3 is 5.69 Å². The summed E-state index contributed by atoms with van der Waals surface area (Å²) in [6, 6.07) is 3.29. The maximum absolute atomic E-state index is 11.3. The van der Waals surface area contributed by atoms with Crippen LogP contribution in [0.5, 0.6) is 0 Å². The Morgan fingerprint density at radius 2 is 2.10 bits per heavy atom. The molecule has 2 aromatic rings. The molecule has 0 unspecified atom stereocenters. The Hall–Kier alpha value is -2.19. The van der Waals surface area contributed by atoms with Gasteiger partial charge in [-0.1, -0.05) is 0 Å². The maximum Gasteiger partial charge on any atom is 0.325 e. The molecular formula is C13H17N5O3. The summed E-state index contributed by atoms with van der Waals surface area (Å²) in [6.07, 6.45) is 0.924. The molecule has 3 rings (SSSR count). The molecule has 112 valence electrons. The molecule has 1 aliphatic rings. The maximum atomic E-state index is 11.3. The number of hydrogen-bond donors (Lipinski definition) is 3. The van der Waals surface area contributed by atoms with E-state index in [0.717, 1.165) is 25.2 Å². The van der Waals surface area contributed by atoms with Crippen LogP contribution < -0.4 is 11.2 Å². The van der Waals surface area contributed by atoms with Crippen LogP contribution >= 0.6 is 0 Å². The molecule has 3 heterocycles. The molecule has 0 fully saturated rings. The van der Waals surface area contributed by atoms with Crippen LogP contribution in [0.4, 0.5) is 0 Å². The van der Waals surface area contributed by atoms with Crippen molar-refractivity contribution in [2.24, 2.45) is 0 Å². The first-order valence-electron chi connectivity index (χ1n) is 6.85. The lowest BCUT2D eigenvalue weighted by atomic mass is 10.3. The van der Waals surface area contributed by atoms with Crippen LogP contribution in [0.1, 0.15) is 23.5 Å². The lowest BCUT2D eigenvalue weighted by molar-refractivity contribution is 0.256. The molecule has 0 saturated carbocycles. The summed E-state index contributed by atoms with van der Waals surface area (Å²) in [6.45, 7) is 2.76. The molecule has 0 saturated heterocycles. The quantitative estimate of drug-likeness (QED) is 0.683. The highest BCUT2D eigenvalue weighted by atomic mass is 16.3. The Kier molecular flexibility index (Phi) is 3.72. The van der Waals surface area contributed by atoms with Crippen LogP contribution in [0.2, 0.25) is 0 Å². The summed E-state index contributed by atoms with van der Waals surface area (Å²) in [4.78, 5) is 29.6. The molecule has 0 atom stereocenters. The fourth-order valence-electron chi connectivity index (χ4n) is 2.65. The molecule has 0 bridgehead atoms. The Morgan fingerprint density at radius 1 is 1.24 bits per heavy atom. The van der Waals surface area contributed by atoms with Crippen molar-refractivity contribution in [3.05, 3.63) is 50.1 Å². The van der Waals surface area contributed by atoms with E-state index < -0.39 is 11.2 Å². The zero-order valence-corrected chi connectivity index (χ0v) is 11.5. The van der Waals surface area contributed by atoms with Crippen molar-refractivity contribution < 1.29 is 5.11 Å². The summed E-state index contributed by atoms with van der Waals surface area (Å²) in [7, 11) is 0. The van der Waals surface area contributed by atoms with Gasteiger partial charge in [-0.15, -0.1) is 0 Å². The summed E-state index contributed by atoms with van der Waals surface area (Å²) in [5.41, 5.74) is 1.41. The highest BCUT2D eigenvalue weighted by molar-refractivity contribution is 5.11.